The maximum absolute atomic E-state index is 13.7. The van der Waals surface area contributed by atoms with E-state index in [-0.39, 0.29) is 10.8 Å². The molecule has 0 amide bonds. The summed E-state index contributed by atoms with van der Waals surface area (Å²) in [6.45, 7) is 0. The van der Waals surface area contributed by atoms with E-state index < -0.39 is 0 Å². The lowest BCUT2D eigenvalue weighted by atomic mass is 10.2. The topological polar surface area (TPSA) is 3.24 Å². The van der Waals surface area contributed by atoms with Gasteiger partial charge in [0, 0.05) is 13.1 Å². The van der Waals surface area contributed by atoms with Crippen LogP contribution in [0.25, 0.3) is 0 Å². The molecular formula is C12H15ClFN. The van der Waals surface area contributed by atoms with E-state index in [0.717, 1.165) is 12.8 Å². The number of rotatable bonds is 2. The molecule has 0 N–H and O–H groups in total. The molecule has 0 bridgehead atoms. The van der Waals surface area contributed by atoms with Crippen LogP contribution in [0.1, 0.15) is 25.7 Å². The summed E-state index contributed by atoms with van der Waals surface area (Å²) in [6.07, 6.45) is 4.80. The van der Waals surface area contributed by atoms with Crippen molar-refractivity contribution in [3.8, 4) is 0 Å². The van der Waals surface area contributed by atoms with Crippen LogP contribution in [0, 0.1) is 5.82 Å². The maximum Gasteiger partial charge on any atom is 0.165 e. The summed E-state index contributed by atoms with van der Waals surface area (Å²) in [7, 11) is 1.95. The molecule has 82 valence electrons. The van der Waals surface area contributed by atoms with Gasteiger partial charge in [-0.3, -0.25) is 0 Å². The third kappa shape index (κ3) is 2.10. The molecule has 0 radical (unpaired) electrons. The Hall–Kier alpha value is -0.760. The van der Waals surface area contributed by atoms with Crippen LogP contribution >= 0.6 is 11.6 Å². The molecule has 1 fully saturated rings. The molecule has 3 heteroatoms. The first kappa shape index (κ1) is 10.7. The van der Waals surface area contributed by atoms with Gasteiger partial charge in [0.2, 0.25) is 0 Å². The fourth-order valence-electron chi connectivity index (χ4n) is 2.25. The Bertz CT molecular complexity index is 347. The van der Waals surface area contributed by atoms with Crippen molar-refractivity contribution in [1.29, 1.82) is 0 Å². The molecule has 1 aliphatic carbocycles. The Morgan fingerprint density at radius 3 is 2.67 bits per heavy atom. The van der Waals surface area contributed by atoms with E-state index in [4.69, 9.17) is 11.6 Å². The van der Waals surface area contributed by atoms with Gasteiger partial charge >= 0.3 is 0 Å². The van der Waals surface area contributed by atoms with E-state index in [9.17, 15) is 4.39 Å². The average Bonchev–Trinajstić information content (AvgIpc) is 2.74. The molecule has 0 aromatic heterocycles. The summed E-state index contributed by atoms with van der Waals surface area (Å²) in [5, 5.41) is 0.206. The average molecular weight is 228 g/mol. The molecule has 1 aliphatic rings. The number of halogens is 2. The van der Waals surface area contributed by atoms with Gasteiger partial charge in [-0.2, -0.15) is 0 Å². The van der Waals surface area contributed by atoms with Crippen molar-refractivity contribution < 1.29 is 4.39 Å². The van der Waals surface area contributed by atoms with Crippen molar-refractivity contribution in [2.24, 2.45) is 0 Å². The van der Waals surface area contributed by atoms with E-state index in [1.165, 1.54) is 12.8 Å². The summed E-state index contributed by atoms with van der Waals surface area (Å²) >= 11 is 5.76. The number of hydrogen-bond donors (Lipinski definition) is 0. The second kappa shape index (κ2) is 4.40. The molecule has 1 saturated carbocycles. The van der Waals surface area contributed by atoms with Gasteiger partial charge in [0.1, 0.15) is 0 Å². The van der Waals surface area contributed by atoms with E-state index in [2.05, 4.69) is 0 Å². The van der Waals surface area contributed by atoms with Crippen LogP contribution in [0.3, 0.4) is 0 Å². The van der Waals surface area contributed by atoms with Crippen molar-refractivity contribution in [1.82, 2.24) is 0 Å². The van der Waals surface area contributed by atoms with Crippen LogP contribution in [-0.2, 0) is 0 Å². The maximum atomic E-state index is 13.7. The number of hydrogen-bond acceptors (Lipinski definition) is 1. The first-order chi connectivity index (χ1) is 7.20. The third-order valence-corrected chi connectivity index (χ3v) is 3.48. The van der Waals surface area contributed by atoms with Gasteiger partial charge in [-0.1, -0.05) is 30.5 Å². The fourth-order valence-corrected chi connectivity index (χ4v) is 2.42. The van der Waals surface area contributed by atoms with Crippen LogP contribution in [0.2, 0.25) is 5.02 Å². The zero-order valence-electron chi connectivity index (χ0n) is 8.84. The minimum absolute atomic E-state index is 0.206. The lowest BCUT2D eigenvalue weighted by molar-refractivity contribution is 0.596. The second-order valence-corrected chi connectivity index (χ2v) is 4.53. The summed E-state index contributed by atoms with van der Waals surface area (Å²) in [6, 6.07) is 5.65. The van der Waals surface area contributed by atoms with E-state index in [0.29, 0.717) is 11.7 Å². The lowest BCUT2D eigenvalue weighted by Crippen LogP contribution is -2.29. The van der Waals surface area contributed by atoms with Crippen LogP contribution in [-0.4, -0.2) is 13.1 Å². The Morgan fingerprint density at radius 2 is 2.00 bits per heavy atom. The Morgan fingerprint density at radius 1 is 1.33 bits per heavy atom. The quantitative estimate of drug-likeness (QED) is 0.742. The van der Waals surface area contributed by atoms with Crippen molar-refractivity contribution in [2.45, 2.75) is 31.7 Å². The molecule has 1 aromatic rings. The predicted molar refractivity (Wildman–Crippen MR) is 62.1 cm³/mol. The van der Waals surface area contributed by atoms with Gasteiger partial charge in [0.05, 0.1) is 10.7 Å². The molecule has 2 rings (SSSR count). The predicted octanol–water partition coefficient (Wildman–Crippen LogP) is 3.86. The smallest absolute Gasteiger partial charge is 0.165 e. The Kier molecular flexibility index (Phi) is 3.15. The highest BCUT2D eigenvalue weighted by molar-refractivity contribution is 6.31. The molecule has 0 spiro atoms. The molecule has 1 aromatic carbocycles. The molecule has 0 aliphatic heterocycles. The van der Waals surface area contributed by atoms with Crippen LogP contribution in [0.4, 0.5) is 10.1 Å². The lowest BCUT2D eigenvalue weighted by Gasteiger charge is -2.27. The number of nitrogens with zero attached hydrogens (tertiary/aromatic N) is 1. The zero-order valence-corrected chi connectivity index (χ0v) is 9.60. The summed E-state index contributed by atoms with van der Waals surface area (Å²) < 4.78 is 13.7. The summed E-state index contributed by atoms with van der Waals surface area (Å²) in [5.74, 6) is -0.298. The van der Waals surface area contributed by atoms with E-state index in [1.54, 1.807) is 18.2 Å². The highest BCUT2D eigenvalue weighted by atomic mass is 35.5. The number of anilines is 1. The van der Waals surface area contributed by atoms with Crippen molar-refractivity contribution in [3.63, 3.8) is 0 Å². The summed E-state index contributed by atoms with van der Waals surface area (Å²) in [5.41, 5.74) is 0.620. The van der Waals surface area contributed by atoms with Crippen LogP contribution < -0.4 is 4.90 Å². The van der Waals surface area contributed by atoms with Crippen LogP contribution in [0.5, 0.6) is 0 Å². The van der Waals surface area contributed by atoms with Gasteiger partial charge in [-0.15, -0.1) is 0 Å². The van der Waals surface area contributed by atoms with Crippen molar-refractivity contribution >= 4 is 17.3 Å². The highest BCUT2D eigenvalue weighted by Crippen LogP contribution is 2.30. The molecule has 0 heterocycles. The van der Waals surface area contributed by atoms with Gasteiger partial charge in [-0.25, -0.2) is 4.39 Å². The number of benzene rings is 1. The van der Waals surface area contributed by atoms with Crippen molar-refractivity contribution in [2.75, 3.05) is 11.9 Å². The van der Waals surface area contributed by atoms with Gasteiger partial charge in [0.15, 0.2) is 5.82 Å². The molecule has 0 atom stereocenters. The molecule has 15 heavy (non-hydrogen) atoms. The van der Waals surface area contributed by atoms with Gasteiger partial charge < -0.3 is 4.90 Å². The SMILES string of the molecule is CN(c1cccc(Cl)c1F)C1CCCC1. The fraction of sp³-hybridized carbons (Fsp3) is 0.500. The first-order valence-corrected chi connectivity index (χ1v) is 5.75. The monoisotopic (exact) mass is 227 g/mol. The third-order valence-electron chi connectivity index (χ3n) is 3.18. The molecule has 1 nitrogen and oxygen atoms in total. The zero-order chi connectivity index (χ0) is 10.8. The molecular weight excluding hydrogens is 213 g/mol. The van der Waals surface area contributed by atoms with E-state index >= 15 is 0 Å². The largest absolute Gasteiger partial charge is 0.369 e. The Balaban J connectivity index is 2.24. The van der Waals surface area contributed by atoms with Gasteiger partial charge in [0.25, 0.3) is 0 Å². The Labute approximate surface area is 94.8 Å². The van der Waals surface area contributed by atoms with Gasteiger partial charge in [-0.05, 0) is 25.0 Å². The first-order valence-electron chi connectivity index (χ1n) is 5.37. The second-order valence-electron chi connectivity index (χ2n) is 4.12. The normalized spacial score (nSPS) is 17.0. The minimum Gasteiger partial charge on any atom is -0.369 e. The van der Waals surface area contributed by atoms with E-state index in [1.807, 2.05) is 11.9 Å². The highest BCUT2D eigenvalue weighted by Gasteiger charge is 2.22. The standard InChI is InChI=1S/C12H15ClFN/c1-15(9-5-2-3-6-9)11-8-4-7-10(13)12(11)14/h4,7-9H,2-3,5-6H2,1H3. The molecule has 0 saturated heterocycles. The minimum atomic E-state index is -0.298. The van der Waals surface area contributed by atoms with Crippen molar-refractivity contribution in [3.05, 3.63) is 29.0 Å². The van der Waals surface area contributed by atoms with Crippen LogP contribution in [0.15, 0.2) is 18.2 Å². The molecule has 0 unspecified atom stereocenters. The summed E-state index contributed by atoms with van der Waals surface area (Å²) in [4.78, 5) is 2.02.